The number of aromatic nitrogens is 2. The zero-order valence-corrected chi connectivity index (χ0v) is 10.2. The van der Waals surface area contributed by atoms with E-state index >= 15 is 0 Å². The summed E-state index contributed by atoms with van der Waals surface area (Å²) in [6.45, 7) is 2.46. The van der Waals surface area contributed by atoms with Crippen LogP contribution >= 0.6 is 0 Å². The molecule has 2 aromatic rings. The molecule has 1 aliphatic heterocycles. The summed E-state index contributed by atoms with van der Waals surface area (Å²) < 4.78 is 12.0. The van der Waals surface area contributed by atoms with Gasteiger partial charge in [0.2, 0.25) is 12.2 Å². The molecule has 0 atom stereocenters. The van der Waals surface area contributed by atoms with Crippen LogP contribution in [-0.2, 0) is 6.54 Å². The minimum absolute atomic E-state index is 0.113. The highest BCUT2D eigenvalue weighted by Gasteiger charge is 2.20. The first-order valence-electron chi connectivity index (χ1n) is 5.76. The first-order valence-corrected chi connectivity index (χ1v) is 5.76. The molecule has 2 heterocycles. The summed E-state index contributed by atoms with van der Waals surface area (Å²) in [5, 5.41) is 4.32. The summed E-state index contributed by atoms with van der Waals surface area (Å²) in [6.07, 6.45) is 0. The third-order valence-electron chi connectivity index (χ3n) is 2.98. The molecule has 1 aromatic carbocycles. The van der Waals surface area contributed by atoms with Gasteiger partial charge in [0, 0.05) is 12.6 Å². The molecule has 1 amide bonds. The molecule has 0 radical (unpaired) electrons. The first-order chi connectivity index (χ1) is 9.11. The van der Waals surface area contributed by atoms with Crippen LogP contribution in [0.2, 0.25) is 0 Å². The van der Waals surface area contributed by atoms with E-state index in [2.05, 4.69) is 5.10 Å². The lowest BCUT2D eigenvalue weighted by atomic mass is 10.1. The average Bonchev–Trinajstić information content (AvgIpc) is 2.84. The van der Waals surface area contributed by atoms with Gasteiger partial charge in [-0.15, -0.1) is 0 Å². The van der Waals surface area contributed by atoms with E-state index in [1.165, 1.54) is 0 Å². The van der Waals surface area contributed by atoms with Gasteiger partial charge in [-0.25, -0.2) is 0 Å². The molecular weight excluding hydrogens is 250 g/mol. The van der Waals surface area contributed by atoms with Crippen LogP contribution in [-0.4, -0.2) is 22.5 Å². The molecule has 98 valence electrons. The number of aryl methyl sites for hydroxylation is 1. The summed E-state index contributed by atoms with van der Waals surface area (Å²) in [4.78, 5) is 23.4. The summed E-state index contributed by atoms with van der Waals surface area (Å²) >= 11 is 0. The number of carbonyl (C=O) groups excluding carboxylic acids is 1. The van der Waals surface area contributed by atoms with Crippen molar-refractivity contribution >= 4 is 16.8 Å². The standard InChI is InChI=1S/C12H11N3O4/c1-2-15-7-4-9-8(18-5-19-9)3-6(7)11(16)10(14-15)12(13)17/h3-4H,2,5H2,1H3,(H2,13,17). The molecule has 3 rings (SSSR count). The number of nitrogens with zero attached hydrogens (tertiary/aromatic N) is 2. The highest BCUT2D eigenvalue weighted by Crippen LogP contribution is 2.34. The van der Waals surface area contributed by atoms with Gasteiger partial charge in [0.25, 0.3) is 5.91 Å². The van der Waals surface area contributed by atoms with E-state index in [0.717, 1.165) is 0 Å². The number of fused-ring (bicyclic) bond motifs is 2. The fourth-order valence-electron chi connectivity index (χ4n) is 2.08. The highest BCUT2D eigenvalue weighted by molar-refractivity contribution is 5.94. The van der Waals surface area contributed by atoms with Gasteiger partial charge in [0.05, 0.1) is 10.9 Å². The SMILES string of the molecule is CCn1nc(C(N)=O)c(=O)c2cc3c(cc21)OCO3. The Morgan fingerprint density at radius 1 is 1.42 bits per heavy atom. The van der Waals surface area contributed by atoms with Crippen LogP contribution in [0.25, 0.3) is 10.9 Å². The van der Waals surface area contributed by atoms with Gasteiger partial charge in [-0.1, -0.05) is 0 Å². The second-order valence-electron chi connectivity index (χ2n) is 4.08. The number of amides is 1. The maximum absolute atomic E-state index is 12.2. The zero-order chi connectivity index (χ0) is 13.6. The molecule has 2 N–H and O–H groups in total. The van der Waals surface area contributed by atoms with Crippen molar-refractivity contribution in [3.63, 3.8) is 0 Å². The van der Waals surface area contributed by atoms with E-state index in [4.69, 9.17) is 15.2 Å². The van der Waals surface area contributed by atoms with Crippen molar-refractivity contribution in [3.8, 4) is 11.5 Å². The Bertz CT molecular complexity index is 751. The van der Waals surface area contributed by atoms with Crippen LogP contribution < -0.4 is 20.6 Å². The van der Waals surface area contributed by atoms with Crippen molar-refractivity contribution in [1.29, 1.82) is 0 Å². The molecule has 0 unspecified atom stereocenters. The molecule has 0 aliphatic carbocycles. The van der Waals surface area contributed by atoms with Gasteiger partial charge in [-0.2, -0.15) is 5.10 Å². The van der Waals surface area contributed by atoms with Gasteiger partial charge in [-0.3, -0.25) is 14.3 Å². The quantitative estimate of drug-likeness (QED) is 0.835. The van der Waals surface area contributed by atoms with Gasteiger partial charge >= 0.3 is 0 Å². The van der Waals surface area contributed by atoms with Crippen molar-refractivity contribution in [2.75, 3.05) is 6.79 Å². The Hall–Kier alpha value is -2.57. The lowest BCUT2D eigenvalue weighted by molar-refractivity contribution is 0.0992. The van der Waals surface area contributed by atoms with Gasteiger partial charge in [0.1, 0.15) is 0 Å². The molecule has 0 fully saturated rings. The Kier molecular flexibility index (Phi) is 2.41. The number of rotatable bonds is 2. The number of hydrogen-bond acceptors (Lipinski definition) is 5. The molecule has 1 aromatic heterocycles. The summed E-state index contributed by atoms with van der Waals surface area (Å²) in [5.74, 6) is 0.198. The van der Waals surface area contributed by atoms with E-state index in [1.807, 2.05) is 6.92 Å². The van der Waals surface area contributed by atoms with Gasteiger partial charge < -0.3 is 15.2 Å². The van der Waals surface area contributed by atoms with E-state index < -0.39 is 11.3 Å². The largest absolute Gasteiger partial charge is 0.454 e. The smallest absolute Gasteiger partial charge is 0.273 e. The average molecular weight is 261 g/mol. The molecule has 7 heteroatoms. The van der Waals surface area contributed by atoms with Crippen LogP contribution in [0.5, 0.6) is 11.5 Å². The summed E-state index contributed by atoms with van der Waals surface area (Å²) in [5.41, 5.74) is 4.99. The zero-order valence-electron chi connectivity index (χ0n) is 10.2. The molecule has 0 saturated heterocycles. The maximum atomic E-state index is 12.2. The van der Waals surface area contributed by atoms with Gasteiger partial charge in [0.15, 0.2) is 17.2 Å². The van der Waals surface area contributed by atoms with Crippen molar-refractivity contribution in [2.45, 2.75) is 13.5 Å². The molecule has 19 heavy (non-hydrogen) atoms. The third kappa shape index (κ3) is 1.62. The lowest BCUT2D eigenvalue weighted by Crippen LogP contribution is -2.27. The Morgan fingerprint density at radius 2 is 2.11 bits per heavy atom. The summed E-state index contributed by atoms with van der Waals surface area (Å²) in [7, 11) is 0. The first kappa shape index (κ1) is 11.5. The fraction of sp³-hybridized carbons (Fsp3) is 0.250. The number of nitrogens with two attached hydrogens (primary N) is 1. The van der Waals surface area contributed by atoms with E-state index in [1.54, 1.807) is 16.8 Å². The molecule has 0 saturated carbocycles. The number of carbonyl (C=O) groups is 1. The molecular formula is C12H11N3O4. The summed E-state index contributed by atoms with van der Waals surface area (Å²) in [6, 6.07) is 3.24. The van der Waals surface area contributed by atoms with Crippen LogP contribution in [0.3, 0.4) is 0 Å². The highest BCUT2D eigenvalue weighted by atomic mass is 16.7. The van der Waals surface area contributed by atoms with E-state index in [9.17, 15) is 9.59 Å². The van der Waals surface area contributed by atoms with Crippen molar-refractivity contribution in [1.82, 2.24) is 9.78 Å². The second-order valence-corrected chi connectivity index (χ2v) is 4.08. The molecule has 0 spiro atoms. The second kappa shape index (κ2) is 3.98. The third-order valence-corrected chi connectivity index (χ3v) is 2.98. The molecule has 0 bridgehead atoms. The predicted octanol–water partition coefficient (Wildman–Crippen LogP) is 0.244. The van der Waals surface area contributed by atoms with Crippen molar-refractivity contribution < 1.29 is 14.3 Å². The Morgan fingerprint density at radius 3 is 2.74 bits per heavy atom. The predicted molar refractivity (Wildman–Crippen MR) is 66.3 cm³/mol. The lowest BCUT2D eigenvalue weighted by Gasteiger charge is -2.09. The van der Waals surface area contributed by atoms with Gasteiger partial charge in [-0.05, 0) is 13.0 Å². The Labute approximate surface area is 107 Å². The monoisotopic (exact) mass is 261 g/mol. The van der Waals surface area contributed by atoms with Crippen molar-refractivity contribution in [3.05, 3.63) is 28.0 Å². The van der Waals surface area contributed by atoms with E-state index in [-0.39, 0.29) is 12.5 Å². The van der Waals surface area contributed by atoms with Crippen molar-refractivity contribution in [2.24, 2.45) is 5.73 Å². The maximum Gasteiger partial charge on any atom is 0.273 e. The minimum Gasteiger partial charge on any atom is -0.454 e. The van der Waals surface area contributed by atoms with E-state index in [0.29, 0.717) is 28.9 Å². The normalized spacial score (nSPS) is 12.9. The number of primary amides is 1. The molecule has 7 nitrogen and oxygen atoms in total. The Balaban J connectivity index is 2.43. The molecule has 1 aliphatic rings. The van der Waals surface area contributed by atoms with Crippen LogP contribution in [0.4, 0.5) is 0 Å². The number of benzene rings is 1. The minimum atomic E-state index is -0.841. The fourth-order valence-corrected chi connectivity index (χ4v) is 2.08. The van der Waals surface area contributed by atoms with Crippen LogP contribution in [0.1, 0.15) is 17.4 Å². The van der Waals surface area contributed by atoms with Crippen LogP contribution in [0.15, 0.2) is 16.9 Å². The topological polar surface area (TPSA) is 96.4 Å². The van der Waals surface area contributed by atoms with Crippen LogP contribution in [0, 0.1) is 0 Å². The number of ether oxygens (including phenoxy) is 2. The number of hydrogen-bond donors (Lipinski definition) is 1.